The molecule has 1 saturated carbocycles. The van der Waals surface area contributed by atoms with Crippen molar-refractivity contribution in [2.45, 2.75) is 45.6 Å². The molecule has 2 nitrogen and oxygen atoms in total. The van der Waals surface area contributed by atoms with Gasteiger partial charge in [0.25, 0.3) is 0 Å². The summed E-state index contributed by atoms with van der Waals surface area (Å²) >= 11 is 6.38. The molecule has 0 unspecified atom stereocenters. The molecule has 1 aromatic rings. The Morgan fingerprint density at radius 2 is 1.71 bits per heavy atom. The molecule has 1 aliphatic carbocycles. The van der Waals surface area contributed by atoms with Gasteiger partial charge in [-0.1, -0.05) is 11.6 Å². The fourth-order valence-electron chi connectivity index (χ4n) is 2.88. The second kappa shape index (κ2) is 4.18. The van der Waals surface area contributed by atoms with Crippen LogP contribution in [-0.2, 0) is 5.54 Å². The summed E-state index contributed by atoms with van der Waals surface area (Å²) in [7, 11) is 1.66. The Balaban J connectivity index is 2.69. The Bertz CT molecular complexity index is 435. The number of ether oxygens (including phenoxy) is 1. The fraction of sp³-hybridized carbons (Fsp3) is 0.571. The molecular formula is C14H20ClNO. The van der Waals surface area contributed by atoms with Gasteiger partial charge < -0.3 is 10.5 Å². The smallest absolute Gasteiger partial charge is 0.140 e. The van der Waals surface area contributed by atoms with Crippen LogP contribution in [0.25, 0.3) is 0 Å². The average Bonchev–Trinajstić information content (AvgIpc) is 2.25. The van der Waals surface area contributed by atoms with Crippen LogP contribution in [0.5, 0.6) is 5.75 Å². The number of nitrogens with two attached hydrogens (primary N) is 1. The largest absolute Gasteiger partial charge is 0.495 e. The van der Waals surface area contributed by atoms with Crippen LogP contribution in [0, 0.1) is 20.8 Å². The maximum absolute atomic E-state index is 6.46. The summed E-state index contributed by atoms with van der Waals surface area (Å²) in [4.78, 5) is 0. The molecule has 0 spiro atoms. The molecule has 0 amide bonds. The summed E-state index contributed by atoms with van der Waals surface area (Å²) in [5.74, 6) is 0.786. The maximum atomic E-state index is 6.46. The highest BCUT2D eigenvalue weighted by Gasteiger charge is 2.38. The summed E-state index contributed by atoms with van der Waals surface area (Å²) in [6.45, 7) is 6.20. The summed E-state index contributed by atoms with van der Waals surface area (Å²) < 4.78 is 5.38. The topological polar surface area (TPSA) is 35.2 Å². The van der Waals surface area contributed by atoms with Crippen molar-refractivity contribution in [3.63, 3.8) is 0 Å². The van der Waals surface area contributed by atoms with Crippen LogP contribution >= 0.6 is 11.6 Å². The van der Waals surface area contributed by atoms with Crippen LogP contribution in [0.2, 0.25) is 5.02 Å². The molecule has 1 fully saturated rings. The van der Waals surface area contributed by atoms with Crippen molar-refractivity contribution in [2.24, 2.45) is 5.73 Å². The number of benzene rings is 1. The van der Waals surface area contributed by atoms with E-state index in [1.54, 1.807) is 7.11 Å². The molecule has 0 atom stereocenters. The molecule has 17 heavy (non-hydrogen) atoms. The molecule has 3 heteroatoms. The first-order chi connectivity index (χ1) is 7.92. The van der Waals surface area contributed by atoms with Gasteiger partial charge in [0, 0.05) is 5.54 Å². The molecule has 1 aromatic carbocycles. The van der Waals surface area contributed by atoms with E-state index in [9.17, 15) is 0 Å². The lowest BCUT2D eigenvalue weighted by molar-refractivity contribution is 0.251. The van der Waals surface area contributed by atoms with E-state index in [1.807, 2.05) is 13.8 Å². The van der Waals surface area contributed by atoms with Crippen molar-refractivity contribution in [1.29, 1.82) is 0 Å². The summed E-state index contributed by atoms with van der Waals surface area (Å²) in [5, 5.41) is 0.710. The zero-order chi connectivity index (χ0) is 12.8. The van der Waals surface area contributed by atoms with Gasteiger partial charge in [-0.15, -0.1) is 0 Å². The number of methoxy groups -OCH3 is 1. The quantitative estimate of drug-likeness (QED) is 0.874. The van der Waals surface area contributed by atoms with Crippen molar-refractivity contribution in [3.8, 4) is 5.75 Å². The van der Waals surface area contributed by atoms with Gasteiger partial charge in [-0.05, 0) is 62.3 Å². The standard InChI is InChI=1S/C14H20ClNO/c1-8-9(2)13(17-4)12(15)10(3)11(8)14(16)6-5-7-14/h5-7,16H2,1-4H3. The second-order valence-corrected chi connectivity index (χ2v) is 5.48. The van der Waals surface area contributed by atoms with Crippen molar-refractivity contribution in [1.82, 2.24) is 0 Å². The molecule has 0 heterocycles. The molecular weight excluding hydrogens is 234 g/mol. The van der Waals surface area contributed by atoms with E-state index in [1.165, 1.54) is 17.5 Å². The first kappa shape index (κ1) is 12.7. The molecule has 2 rings (SSSR count). The van der Waals surface area contributed by atoms with Gasteiger partial charge in [0.1, 0.15) is 5.75 Å². The predicted octanol–water partition coefficient (Wildman–Crippen LogP) is 3.61. The highest BCUT2D eigenvalue weighted by Crippen LogP contribution is 2.46. The minimum absolute atomic E-state index is 0.172. The molecule has 2 N–H and O–H groups in total. The fourth-order valence-corrected chi connectivity index (χ4v) is 3.19. The van der Waals surface area contributed by atoms with Gasteiger partial charge in [-0.25, -0.2) is 0 Å². The van der Waals surface area contributed by atoms with E-state index in [-0.39, 0.29) is 5.54 Å². The lowest BCUT2D eigenvalue weighted by Crippen LogP contribution is -2.44. The van der Waals surface area contributed by atoms with Gasteiger partial charge >= 0.3 is 0 Å². The summed E-state index contributed by atoms with van der Waals surface area (Å²) in [6, 6.07) is 0. The molecule has 0 bridgehead atoms. The predicted molar refractivity (Wildman–Crippen MR) is 71.9 cm³/mol. The van der Waals surface area contributed by atoms with Crippen LogP contribution in [0.1, 0.15) is 41.5 Å². The van der Waals surface area contributed by atoms with Crippen molar-refractivity contribution in [2.75, 3.05) is 7.11 Å². The van der Waals surface area contributed by atoms with Crippen LogP contribution in [0.3, 0.4) is 0 Å². The first-order valence-electron chi connectivity index (χ1n) is 6.05. The van der Waals surface area contributed by atoms with Gasteiger partial charge in [-0.2, -0.15) is 0 Å². The molecule has 0 saturated heterocycles. The van der Waals surface area contributed by atoms with E-state index >= 15 is 0 Å². The Labute approximate surface area is 108 Å². The number of halogens is 1. The van der Waals surface area contributed by atoms with Crippen molar-refractivity contribution < 1.29 is 4.74 Å². The maximum Gasteiger partial charge on any atom is 0.140 e. The van der Waals surface area contributed by atoms with Crippen molar-refractivity contribution in [3.05, 3.63) is 27.3 Å². The van der Waals surface area contributed by atoms with Crippen LogP contribution in [0.15, 0.2) is 0 Å². The minimum atomic E-state index is -0.172. The highest BCUT2D eigenvalue weighted by molar-refractivity contribution is 6.33. The second-order valence-electron chi connectivity index (χ2n) is 5.11. The SMILES string of the molecule is COc1c(C)c(C)c(C2(N)CCC2)c(C)c1Cl. The Hall–Kier alpha value is -0.730. The van der Waals surface area contributed by atoms with E-state index in [0.717, 1.165) is 29.7 Å². The third kappa shape index (κ3) is 1.74. The molecule has 1 aliphatic rings. The molecule has 0 radical (unpaired) electrons. The Morgan fingerprint density at radius 3 is 2.12 bits per heavy atom. The van der Waals surface area contributed by atoms with Gasteiger partial charge in [0.2, 0.25) is 0 Å². The zero-order valence-electron chi connectivity index (χ0n) is 11.0. The Morgan fingerprint density at radius 1 is 1.12 bits per heavy atom. The van der Waals surface area contributed by atoms with Gasteiger partial charge in [0.05, 0.1) is 12.1 Å². The monoisotopic (exact) mass is 253 g/mol. The third-order valence-corrected chi connectivity index (χ3v) is 4.58. The lowest BCUT2D eigenvalue weighted by atomic mass is 9.69. The van der Waals surface area contributed by atoms with E-state index in [4.69, 9.17) is 22.1 Å². The third-order valence-electron chi connectivity index (χ3n) is 4.13. The zero-order valence-corrected chi connectivity index (χ0v) is 11.7. The van der Waals surface area contributed by atoms with E-state index in [0.29, 0.717) is 5.02 Å². The van der Waals surface area contributed by atoms with Gasteiger partial charge in [0.15, 0.2) is 0 Å². The Kier molecular flexibility index (Phi) is 3.13. The summed E-state index contributed by atoms with van der Waals surface area (Å²) in [5.41, 5.74) is 10.9. The average molecular weight is 254 g/mol. The van der Waals surface area contributed by atoms with Crippen molar-refractivity contribution >= 4 is 11.6 Å². The number of hydrogen-bond acceptors (Lipinski definition) is 2. The molecule has 0 aliphatic heterocycles. The first-order valence-corrected chi connectivity index (χ1v) is 6.43. The lowest BCUT2D eigenvalue weighted by Gasteiger charge is -2.41. The van der Waals surface area contributed by atoms with E-state index < -0.39 is 0 Å². The van der Waals surface area contributed by atoms with Crippen LogP contribution < -0.4 is 10.5 Å². The molecule has 0 aromatic heterocycles. The normalized spacial score (nSPS) is 17.8. The van der Waals surface area contributed by atoms with E-state index in [2.05, 4.69) is 6.92 Å². The van der Waals surface area contributed by atoms with Gasteiger partial charge in [-0.3, -0.25) is 0 Å². The highest BCUT2D eigenvalue weighted by atomic mass is 35.5. The number of hydrogen-bond donors (Lipinski definition) is 1. The molecule has 94 valence electrons. The van der Waals surface area contributed by atoms with Crippen LogP contribution in [0.4, 0.5) is 0 Å². The summed E-state index contributed by atoms with van der Waals surface area (Å²) in [6.07, 6.45) is 3.31. The number of rotatable bonds is 2. The minimum Gasteiger partial charge on any atom is -0.495 e. The van der Waals surface area contributed by atoms with Crippen LogP contribution in [-0.4, -0.2) is 7.11 Å².